The van der Waals surface area contributed by atoms with Crippen molar-refractivity contribution in [3.05, 3.63) is 53.8 Å². The lowest BCUT2D eigenvalue weighted by molar-refractivity contribution is -0.0115. The Kier molecular flexibility index (Phi) is 12.2. The number of carbonyl (C=O) groups is 2. The summed E-state index contributed by atoms with van der Waals surface area (Å²) in [6.07, 6.45) is 2.58. The number of likely N-dealkylation sites (N-methyl/N-ethyl adjacent to an activating group) is 1. The van der Waals surface area contributed by atoms with Gasteiger partial charge in [-0.15, -0.1) is 0 Å². The molecule has 11 nitrogen and oxygen atoms in total. The second-order valence-electron chi connectivity index (χ2n) is 11.2. The summed E-state index contributed by atoms with van der Waals surface area (Å²) in [5, 5.41) is 12.8. The Morgan fingerprint density at radius 2 is 1.84 bits per heavy atom. The molecule has 13 heteroatoms. The molecule has 238 valence electrons. The lowest BCUT2D eigenvalue weighted by Crippen LogP contribution is -2.48. The molecule has 0 saturated heterocycles. The Labute approximate surface area is 253 Å². The topological polar surface area (TPSA) is 138 Å². The molecule has 0 unspecified atom stereocenters. The van der Waals surface area contributed by atoms with Crippen molar-refractivity contribution in [2.24, 2.45) is 5.92 Å². The second kappa shape index (κ2) is 15.3. The number of benzene rings is 2. The number of hydrogen-bond donors (Lipinski definition) is 3. The Bertz CT molecular complexity index is 1340. The van der Waals surface area contributed by atoms with Crippen LogP contribution in [0.25, 0.3) is 0 Å². The molecular formula is C30H43FN4O7S. The average molecular weight is 623 g/mol. The van der Waals surface area contributed by atoms with E-state index in [1.54, 1.807) is 26.1 Å². The van der Waals surface area contributed by atoms with Gasteiger partial charge in [-0.25, -0.2) is 17.6 Å². The predicted molar refractivity (Wildman–Crippen MR) is 163 cm³/mol. The van der Waals surface area contributed by atoms with E-state index < -0.39 is 39.9 Å². The van der Waals surface area contributed by atoms with E-state index in [0.29, 0.717) is 24.5 Å². The minimum absolute atomic E-state index is 0.165. The van der Waals surface area contributed by atoms with Gasteiger partial charge in [0.25, 0.3) is 5.91 Å². The number of amides is 3. The summed E-state index contributed by atoms with van der Waals surface area (Å²) in [7, 11) is -1.97. The van der Waals surface area contributed by atoms with Crippen LogP contribution < -0.4 is 14.8 Å². The summed E-state index contributed by atoms with van der Waals surface area (Å²) in [6.45, 7) is 6.05. The first kappa shape index (κ1) is 34.1. The average Bonchev–Trinajstić information content (AvgIpc) is 2.94. The molecule has 3 N–H and O–H groups in total. The van der Waals surface area contributed by atoms with Crippen LogP contribution in [0.5, 0.6) is 5.75 Å². The number of hydrogen-bond acceptors (Lipinski definition) is 7. The maximum Gasteiger partial charge on any atom is 0.321 e. The molecule has 2 aromatic rings. The van der Waals surface area contributed by atoms with Crippen LogP contribution in [0.4, 0.5) is 20.6 Å². The monoisotopic (exact) mass is 622 g/mol. The summed E-state index contributed by atoms with van der Waals surface area (Å²) in [5.74, 6) is -0.800. The summed E-state index contributed by atoms with van der Waals surface area (Å²) < 4.78 is 51.9. The van der Waals surface area contributed by atoms with Gasteiger partial charge in [0.15, 0.2) is 0 Å². The number of nitrogens with zero attached hydrogens (tertiary/aromatic N) is 2. The van der Waals surface area contributed by atoms with Gasteiger partial charge in [-0.2, -0.15) is 0 Å². The Hall–Kier alpha value is -3.42. The van der Waals surface area contributed by atoms with Crippen molar-refractivity contribution in [3.8, 4) is 5.75 Å². The molecule has 1 aliphatic heterocycles. The van der Waals surface area contributed by atoms with E-state index in [9.17, 15) is 27.5 Å². The Balaban J connectivity index is 1.90. The molecule has 0 radical (unpaired) electrons. The van der Waals surface area contributed by atoms with Gasteiger partial charge in [0.1, 0.15) is 11.6 Å². The van der Waals surface area contributed by atoms with Crippen molar-refractivity contribution in [1.29, 1.82) is 0 Å². The first-order valence-electron chi connectivity index (χ1n) is 14.4. The van der Waals surface area contributed by atoms with Crippen molar-refractivity contribution < 1.29 is 37.0 Å². The summed E-state index contributed by atoms with van der Waals surface area (Å²) in [5.41, 5.74) is 0.830. The van der Waals surface area contributed by atoms with Crippen molar-refractivity contribution >= 4 is 33.3 Å². The van der Waals surface area contributed by atoms with Gasteiger partial charge in [0.2, 0.25) is 10.0 Å². The maximum atomic E-state index is 14.1. The molecule has 0 fully saturated rings. The first-order chi connectivity index (χ1) is 20.3. The molecule has 0 saturated carbocycles. The molecule has 43 heavy (non-hydrogen) atoms. The highest BCUT2D eigenvalue weighted by molar-refractivity contribution is 7.92. The number of aliphatic hydroxyl groups is 1. The second-order valence-corrected chi connectivity index (χ2v) is 13.0. The quantitative estimate of drug-likeness (QED) is 0.422. The molecule has 1 aliphatic rings. The van der Waals surface area contributed by atoms with Crippen molar-refractivity contribution in [2.45, 2.75) is 58.3 Å². The van der Waals surface area contributed by atoms with Gasteiger partial charge in [0.05, 0.1) is 36.7 Å². The van der Waals surface area contributed by atoms with E-state index in [4.69, 9.17) is 9.47 Å². The number of nitrogens with one attached hydrogen (secondary N) is 2. The smallest absolute Gasteiger partial charge is 0.321 e. The lowest BCUT2D eigenvalue weighted by atomic mass is 10.0. The lowest BCUT2D eigenvalue weighted by Gasteiger charge is -2.35. The number of carbonyl (C=O) groups excluding carboxylic acids is 2. The minimum atomic E-state index is -3.60. The number of sulfonamides is 1. The highest BCUT2D eigenvalue weighted by atomic mass is 32.2. The van der Waals surface area contributed by atoms with E-state index in [2.05, 4.69) is 10.0 Å². The standard InChI is InChI=1S/C30H43FN4O7S/c1-20-17-35(21(2)19-36)29(37)26-16-25(33-43(5,39)40)13-14-27(26)42-22(3)8-6-7-15-41-28(20)18-34(4)30(38)32-24-11-9-23(31)10-12-24/h9-14,16,20-22,28,33,36H,6-8,15,17-19H2,1-5H3,(H,32,38)/t20-,21+,22+,28+/m1/s1. The van der Waals surface area contributed by atoms with Crippen LogP contribution in [0, 0.1) is 11.7 Å². The summed E-state index contributed by atoms with van der Waals surface area (Å²) >= 11 is 0. The van der Waals surface area contributed by atoms with E-state index in [0.717, 1.165) is 19.1 Å². The number of fused-ring (bicyclic) bond motifs is 1. The van der Waals surface area contributed by atoms with Crippen LogP contribution in [0.2, 0.25) is 0 Å². The molecular weight excluding hydrogens is 579 g/mol. The van der Waals surface area contributed by atoms with E-state index in [1.807, 2.05) is 13.8 Å². The van der Waals surface area contributed by atoms with E-state index in [-0.39, 0.29) is 43.0 Å². The third-order valence-corrected chi connectivity index (χ3v) is 7.86. The Morgan fingerprint density at radius 3 is 2.49 bits per heavy atom. The first-order valence-corrected chi connectivity index (χ1v) is 16.3. The number of urea groups is 1. The maximum absolute atomic E-state index is 14.1. The number of anilines is 2. The highest BCUT2D eigenvalue weighted by Crippen LogP contribution is 2.29. The molecule has 3 amide bonds. The van der Waals surface area contributed by atoms with Gasteiger partial charge in [-0.05, 0) is 75.6 Å². The zero-order valence-corrected chi connectivity index (χ0v) is 26.2. The van der Waals surface area contributed by atoms with Gasteiger partial charge in [-0.3, -0.25) is 9.52 Å². The third-order valence-electron chi connectivity index (χ3n) is 7.25. The molecule has 3 rings (SSSR count). The molecule has 2 aromatic carbocycles. The van der Waals surface area contributed by atoms with Gasteiger partial charge >= 0.3 is 6.03 Å². The van der Waals surface area contributed by atoms with Crippen LogP contribution in [0.3, 0.4) is 0 Å². The largest absolute Gasteiger partial charge is 0.490 e. The van der Waals surface area contributed by atoms with Crippen molar-refractivity contribution in [3.63, 3.8) is 0 Å². The minimum Gasteiger partial charge on any atom is -0.490 e. The zero-order chi connectivity index (χ0) is 31.7. The number of rotatable bonds is 7. The van der Waals surface area contributed by atoms with E-state index in [1.165, 1.54) is 40.1 Å². The number of ether oxygens (including phenoxy) is 2. The van der Waals surface area contributed by atoms with Gasteiger partial charge in [0, 0.05) is 44.0 Å². The predicted octanol–water partition coefficient (Wildman–Crippen LogP) is 4.16. The van der Waals surface area contributed by atoms with E-state index >= 15 is 0 Å². The fourth-order valence-corrected chi connectivity index (χ4v) is 5.32. The van der Waals surface area contributed by atoms with Crippen LogP contribution in [-0.2, 0) is 14.8 Å². The zero-order valence-electron chi connectivity index (χ0n) is 25.4. The number of halogens is 1. The molecule has 0 aliphatic carbocycles. The molecule has 4 atom stereocenters. The van der Waals surface area contributed by atoms with Crippen LogP contribution in [-0.4, -0.2) is 93.1 Å². The fraction of sp³-hybridized carbons (Fsp3) is 0.533. The van der Waals surface area contributed by atoms with Crippen LogP contribution >= 0.6 is 0 Å². The summed E-state index contributed by atoms with van der Waals surface area (Å²) in [4.78, 5) is 30.0. The highest BCUT2D eigenvalue weighted by Gasteiger charge is 2.31. The molecule has 1 heterocycles. The van der Waals surface area contributed by atoms with Crippen LogP contribution in [0.15, 0.2) is 42.5 Å². The van der Waals surface area contributed by atoms with Gasteiger partial charge in [-0.1, -0.05) is 6.92 Å². The normalized spacial score (nSPS) is 21.1. The molecule has 0 spiro atoms. The molecule has 0 bridgehead atoms. The SMILES string of the molecule is C[C@@H]1CN([C@@H](C)CO)C(=O)c2cc(NS(C)(=O)=O)ccc2O[C@@H](C)CCCCO[C@H]1CN(C)C(=O)Nc1ccc(F)cc1. The number of aliphatic hydroxyl groups excluding tert-OH is 1. The van der Waals surface area contributed by atoms with Crippen molar-refractivity contribution in [2.75, 3.05) is 49.6 Å². The molecule has 0 aromatic heterocycles. The van der Waals surface area contributed by atoms with Crippen molar-refractivity contribution in [1.82, 2.24) is 9.80 Å². The third kappa shape index (κ3) is 10.4. The van der Waals surface area contributed by atoms with Gasteiger partial charge < -0.3 is 29.7 Å². The summed E-state index contributed by atoms with van der Waals surface area (Å²) in [6, 6.07) is 9.05. The fourth-order valence-electron chi connectivity index (χ4n) is 4.77. The Morgan fingerprint density at radius 1 is 1.16 bits per heavy atom. The van der Waals surface area contributed by atoms with Crippen LogP contribution in [0.1, 0.15) is 50.4 Å².